The van der Waals surface area contributed by atoms with E-state index in [1.807, 2.05) is 0 Å². The Morgan fingerprint density at radius 2 is 2.18 bits per heavy atom. The van der Waals surface area contributed by atoms with Crippen molar-refractivity contribution in [3.8, 4) is 12.3 Å². The van der Waals surface area contributed by atoms with Gasteiger partial charge in [0, 0.05) is 6.54 Å². The predicted octanol–water partition coefficient (Wildman–Crippen LogP) is -1.75. The Kier molecular flexibility index (Phi) is 3.91. The molecule has 9 nitrogen and oxygen atoms in total. The zero-order valence-electron chi connectivity index (χ0n) is 11.6. The number of terminal acetylenes is 1. The van der Waals surface area contributed by atoms with Crippen LogP contribution in [0, 0.1) is 12.3 Å². The molecule has 1 fully saturated rings. The van der Waals surface area contributed by atoms with Crippen LogP contribution in [0.4, 0.5) is 5.82 Å². The van der Waals surface area contributed by atoms with Gasteiger partial charge in [-0.2, -0.15) is 0 Å². The largest absolute Gasteiger partial charge is 0.387 e. The molecule has 116 valence electrons. The third kappa shape index (κ3) is 2.38. The molecule has 0 radical (unpaired) electrons. The van der Waals surface area contributed by atoms with Crippen molar-refractivity contribution in [3.63, 3.8) is 0 Å². The highest BCUT2D eigenvalue weighted by Gasteiger charge is 2.44. The number of rotatable bonds is 4. The Bertz CT molecular complexity index is 711. The van der Waals surface area contributed by atoms with Gasteiger partial charge in [-0.25, -0.2) is 15.0 Å². The van der Waals surface area contributed by atoms with Crippen LogP contribution in [0.25, 0.3) is 11.2 Å². The number of nitrogen functional groups attached to an aromatic ring is 1. The third-order valence-corrected chi connectivity index (χ3v) is 3.57. The van der Waals surface area contributed by atoms with Crippen LogP contribution in [0.5, 0.6) is 0 Å². The first-order valence-electron chi connectivity index (χ1n) is 6.72. The SMILES string of the molecule is C#CCNC[C@H]1O[C@@H](n2cnc3c(N)ncnc32)C(O)C1O. The molecule has 4 atom stereocenters. The fraction of sp³-hybridized carbons (Fsp3) is 0.462. The molecule has 1 saturated heterocycles. The van der Waals surface area contributed by atoms with Crippen LogP contribution < -0.4 is 11.1 Å². The Hall–Kier alpha value is -2.25. The van der Waals surface area contributed by atoms with E-state index < -0.39 is 24.5 Å². The van der Waals surface area contributed by atoms with Crippen molar-refractivity contribution in [1.29, 1.82) is 0 Å². The van der Waals surface area contributed by atoms with Gasteiger partial charge in [0.05, 0.1) is 12.9 Å². The third-order valence-electron chi connectivity index (χ3n) is 3.57. The molecule has 2 aromatic rings. The van der Waals surface area contributed by atoms with Gasteiger partial charge < -0.3 is 26.0 Å². The lowest BCUT2D eigenvalue weighted by atomic mass is 10.1. The molecule has 0 aliphatic carbocycles. The van der Waals surface area contributed by atoms with E-state index in [0.717, 1.165) is 0 Å². The molecule has 9 heteroatoms. The van der Waals surface area contributed by atoms with Gasteiger partial charge in [-0.05, 0) is 0 Å². The summed E-state index contributed by atoms with van der Waals surface area (Å²) in [7, 11) is 0. The summed E-state index contributed by atoms with van der Waals surface area (Å²) >= 11 is 0. The fourth-order valence-electron chi connectivity index (χ4n) is 2.47. The molecule has 5 N–H and O–H groups in total. The minimum atomic E-state index is -1.12. The molecule has 3 heterocycles. The van der Waals surface area contributed by atoms with E-state index in [2.05, 4.69) is 26.2 Å². The van der Waals surface area contributed by atoms with Crippen LogP contribution >= 0.6 is 0 Å². The van der Waals surface area contributed by atoms with Crippen LogP contribution in [-0.4, -0.2) is 61.1 Å². The summed E-state index contributed by atoms with van der Waals surface area (Å²) in [5.41, 5.74) is 6.58. The lowest BCUT2D eigenvalue weighted by Crippen LogP contribution is -2.37. The van der Waals surface area contributed by atoms with Gasteiger partial charge in [0.1, 0.15) is 30.2 Å². The Morgan fingerprint density at radius 1 is 1.36 bits per heavy atom. The molecule has 22 heavy (non-hydrogen) atoms. The average Bonchev–Trinajstić information content (AvgIpc) is 3.05. The molecule has 2 unspecified atom stereocenters. The summed E-state index contributed by atoms with van der Waals surface area (Å²) in [5.74, 6) is 2.67. The monoisotopic (exact) mass is 304 g/mol. The molecule has 1 aliphatic rings. The van der Waals surface area contributed by atoms with Crippen molar-refractivity contribution in [3.05, 3.63) is 12.7 Å². The Morgan fingerprint density at radius 3 is 2.95 bits per heavy atom. The molecule has 1 aliphatic heterocycles. The van der Waals surface area contributed by atoms with Crippen molar-refractivity contribution in [2.24, 2.45) is 0 Å². The van der Waals surface area contributed by atoms with Gasteiger partial charge in [0.15, 0.2) is 17.7 Å². The van der Waals surface area contributed by atoms with E-state index in [-0.39, 0.29) is 5.82 Å². The number of anilines is 1. The first kappa shape index (κ1) is 14.7. The maximum atomic E-state index is 10.2. The van der Waals surface area contributed by atoms with E-state index in [4.69, 9.17) is 16.9 Å². The van der Waals surface area contributed by atoms with Crippen molar-refractivity contribution in [1.82, 2.24) is 24.8 Å². The van der Waals surface area contributed by atoms with E-state index in [1.54, 1.807) is 0 Å². The molecule has 0 aromatic carbocycles. The first-order valence-corrected chi connectivity index (χ1v) is 6.72. The van der Waals surface area contributed by atoms with E-state index in [0.29, 0.717) is 24.3 Å². The number of nitrogens with zero attached hydrogens (tertiary/aromatic N) is 4. The second-order valence-electron chi connectivity index (χ2n) is 4.96. The maximum absolute atomic E-state index is 10.2. The zero-order chi connectivity index (χ0) is 15.7. The second kappa shape index (κ2) is 5.86. The topological polar surface area (TPSA) is 131 Å². The normalized spacial score (nSPS) is 28.0. The summed E-state index contributed by atoms with van der Waals surface area (Å²) in [6, 6.07) is 0. The van der Waals surface area contributed by atoms with Crippen molar-refractivity contribution in [2.75, 3.05) is 18.8 Å². The number of ether oxygens (including phenoxy) is 1. The molecule has 2 aromatic heterocycles. The maximum Gasteiger partial charge on any atom is 0.167 e. The van der Waals surface area contributed by atoms with Gasteiger partial charge in [0.2, 0.25) is 0 Å². The number of fused-ring (bicyclic) bond motifs is 1. The standard InChI is InChI=1S/C13H16N6O3/c1-2-3-15-4-7-9(20)10(21)13(22-7)19-6-18-8-11(14)16-5-17-12(8)19/h1,5-7,9-10,13,15,20-21H,3-4H2,(H2,14,16,17)/t7-,9?,10?,13-/m1/s1. The molecule has 0 saturated carbocycles. The number of imidazole rings is 1. The predicted molar refractivity (Wildman–Crippen MR) is 77.4 cm³/mol. The van der Waals surface area contributed by atoms with Crippen LogP contribution in [-0.2, 0) is 4.74 Å². The number of nitrogens with two attached hydrogens (primary N) is 1. The van der Waals surface area contributed by atoms with Gasteiger partial charge >= 0.3 is 0 Å². The summed E-state index contributed by atoms with van der Waals surface area (Å²) in [6.45, 7) is 0.674. The highest BCUT2D eigenvalue weighted by molar-refractivity contribution is 5.81. The molecule has 3 rings (SSSR count). The van der Waals surface area contributed by atoms with E-state index in [1.165, 1.54) is 17.2 Å². The van der Waals surface area contributed by atoms with Crippen molar-refractivity contribution in [2.45, 2.75) is 24.5 Å². The summed E-state index contributed by atoms with van der Waals surface area (Å²) in [5, 5.41) is 23.3. The highest BCUT2D eigenvalue weighted by Crippen LogP contribution is 2.31. The van der Waals surface area contributed by atoms with Gasteiger partial charge in [-0.3, -0.25) is 4.57 Å². The number of nitrogens with one attached hydrogen (secondary N) is 1. The van der Waals surface area contributed by atoms with Gasteiger partial charge in [-0.1, -0.05) is 5.92 Å². The quantitative estimate of drug-likeness (QED) is 0.386. The summed E-state index contributed by atoms with van der Waals surface area (Å²) in [4.78, 5) is 12.1. The molecule has 0 amide bonds. The Labute approximate surface area is 126 Å². The lowest BCUT2D eigenvalue weighted by Gasteiger charge is -2.16. The van der Waals surface area contributed by atoms with Crippen LogP contribution in [0.1, 0.15) is 6.23 Å². The minimum Gasteiger partial charge on any atom is -0.387 e. The number of aromatic nitrogens is 4. The minimum absolute atomic E-state index is 0.240. The molecule has 0 spiro atoms. The average molecular weight is 304 g/mol. The van der Waals surface area contributed by atoms with E-state index >= 15 is 0 Å². The van der Waals surface area contributed by atoms with Crippen LogP contribution in [0.2, 0.25) is 0 Å². The zero-order valence-corrected chi connectivity index (χ0v) is 11.6. The number of hydrogen-bond acceptors (Lipinski definition) is 8. The highest BCUT2D eigenvalue weighted by atomic mass is 16.6. The van der Waals surface area contributed by atoms with Gasteiger partial charge in [-0.15, -0.1) is 6.42 Å². The Balaban J connectivity index is 1.85. The number of aliphatic hydroxyl groups excluding tert-OH is 2. The summed E-state index contributed by atoms with van der Waals surface area (Å²) in [6.07, 6.45) is 4.34. The molecule has 0 bridgehead atoms. The molecular weight excluding hydrogens is 288 g/mol. The fourth-order valence-corrected chi connectivity index (χ4v) is 2.47. The number of hydrogen-bond donors (Lipinski definition) is 4. The van der Waals surface area contributed by atoms with Crippen molar-refractivity contribution < 1.29 is 14.9 Å². The molecular formula is C13H16N6O3. The smallest absolute Gasteiger partial charge is 0.167 e. The van der Waals surface area contributed by atoms with Crippen LogP contribution in [0.15, 0.2) is 12.7 Å². The van der Waals surface area contributed by atoms with Crippen molar-refractivity contribution >= 4 is 17.0 Å². The second-order valence-corrected chi connectivity index (χ2v) is 4.96. The number of aliphatic hydroxyl groups is 2. The lowest BCUT2D eigenvalue weighted by molar-refractivity contribution is -0.0339. The first-order chi connectivity index (χ1) is 10.6. The van der Waals surface area contributed by atoms with Gasteiger partial charge in [0.25, 0.3) is 0 Å². The van der Waals surface area contributed by atoms with Crippen LogP contribution in [0.3, 0.4) is 0 Å². The van der Waals surface area contributed by atoms with E-state index in [9.17, 15) is 10.2 Å². The summed E-state index contributed by atoms with van der Waals surface area (Å²) < 4.78 is 7.25.